The molecule has 412 valence electrons. The Labute approximate surface area is 445 Å². The van der Waals surface area contributed by atoms with E-state index < -0.39 is 6.10 Å². The Morgan fingerprint density at radius 3 is 0.861 bits per heavy atom. The first-order valence-corrected chi connectivity index (χ1v) is 30.2. The minimum absolute atomic E-state index is 0.0846. The molecule has 0 spiro atoms. The quantitative estimate of drug-likeness (QED) is 0.0261. The van der Waals surface area contributed by atoms with E-state index in [0.29, 0.717) is 19.3 Å². The Morgan fingerprint density at radius 2 is 0.542 bits per heavy atom. The smallest absolute Gasteiger partial charge is 0.306 e. The summed E-state index contributed by atoms with van der Waals surface area (Å²) in [6.07, 6.45) is 79.8. The number of allylic oxidation sites excluding steroid dienone is 16. The third-order valence-corrected chi connectivity index (χ3v) is 12.8. The van der Waals surface area contributed by atoms with Gasteiger partial charge < -0.3 is 14.2 Å². The normalized spacial score (nSPS) is 12.8. The molecule has 0 aromatic rings. The lowest BCUT2D eigenvalue weighted by atomic mass is 10.0. The van der Waals surface area contributed by atoms with Crippen molar-refractivity contribution in [3.8, 4) is 0 Å². The van der Waals surface area contributed by atoms with Crippen LogP contribution in [0.1, 0.15) is 284 Å². The molecule has 0 saturated carbocycles. The number of carbonyl (C=O) groups excluding carboxylic acids is 3. The molecule has 0 saturated heterocycles. The lowest BCUT2D eigenvalue weighted by Gasteiger charge is -2.18. The number of hydrogen-bond acceptors (Lipinski definition) is 6. The highest BCUT2D eigenvalue weighted by atomic mass is 16.6. The summed E-state index contributed by atoms with van der Waals surface area (Å²) in [5.41, 5.74) is 0. The van der Waals surface area contributed by atoms with Crippen LogP contribution in [0.15, 0.2) is 97.2 Å². The van der Waals surface area contributed by atoms with Gasteiger partial charge in [0.05, 0.1) is 0 Å². The van der Waals surface area contributed by atoms with Crippen LogP contribution in [0.3, 0.4) is 0 Å². The van der Waals surface area contributed by atoms with Crippen LogP contribution < -0.4 is 0 Å². The maximum atomic E-state index is 12.9. The fraction of sp³-hybridized carbons (Fsp3) is 0.712. The van der Waals surface area contributed by atoms with Crippen molar-refractivity contribution < 1.29 is 28.6 Å². The van der Waals surface area contributed by atoms with E-state index in [1.54, 1.807) is 0 Å². The fourth-order valence-electron chi connectivity index (χ4n) is 8.33. The third-order valence-electron chi connectivity index (χ3n) is 12.8. The lowest BCUT2D eigenvalue weighted by Crippen LogP contribution is -2.30. The topological polar surface area (TPSA) is 78.9 Å². The molecule has 0 aliphatic rings. The zero-order valence-corrected chi connectivity index (χ0v) is 47.2. The summed E-state index contributed by atoms with van der Waals surface area (Å²) in [7, 11) is 0. The molecule has 0 radical (unpaired) electrons. The summed E-state index contributed by atoms with van der Waals surface area (Å²) in [5.74, 6) is -0.900. The van der Waals surface area contributed by atoms with Gasteiger partial charge >= 0.3 is 17.9 Å². The predicted octanol–water partition coefficient (Wildman–Crippen LogP) is 20.5. The Kier molecular flexibility index (Phi) is 56.8. The monoisotopic (exact) mass is 1000 g/mol. The highest BCUT2D eigenvalue weighted by Crippen LogP contribution is 2.16. The van der Waals surface area contributed by atoms with Crippen molar-refractivity contribution in [2.75, 3.05) is 13.2 Å². The number of ether oxygens (including phenoxy) is 3. The molecule has 0 bridgehead atoms. The molecular formula is C66H112O6. The van der Waals surface area contributed by atoms with E-state index in [2.05, 4.69) is 118 Å². The van der Waals surface area contributed by atoms with Crippen molar-refractivity contribution in [1.82, 2.24) is 0 Å². The second kappa shape index (κ2) is 59.9. The highest BCUT2D eigenvalue weighted by Gasteiger charge is 2.19. The maximum Gasteiger partial charge on any atom is 0.306 e. The number of carbonyl (C=O) groups is 3. The minimum atomic E-state index is -0.787. The number of rotatable bonds is 54. The zero-order valence-electron chi connectivity index (χ0n) is 47.2. The first-order chi connectivity index (χ1) is 35.5. The molecule has 1 atom stereocenters. The number of esters is 3. The van der Waals surface area contributed by atoms with Crippen molar-refractivity contribution in [1.29, 1.82) is 0 Å². The van der Waals surface area contributed by atoms with Gasteiger partial charge in [0.25, 0.3) is 0 Å². The molecule has 0 aromatic carbocycles. The standard InChI is InChI=1S/C66H112O6/c1-4-7-10-13-16-19-22-25-27-29-30-31-32-33-34-35-36-38-39-41-44-47-50-53-56-59-65(68)71-62-63(61-70-64(67)58-55-52-49-46-43-24-21-18-15-12-9-6-3)72-66(69)60-57-54-51-48-45-42-40-37-28-26-23-20-17-14-11-8-5-2/h7-8,10-11,16-21,25-28,30-31,63H,4-6,9,12-15,22-24,29,32-62H2,1-3H3/b10-7-,11-8-,19-16-,20-17-,21-18-,27-25-,28-26-,31-30-. The van der Waals surface area contributed by atoms with Crippen molar-refractivity contribution in [3.63, 3.8) is 0 Å². The summed E-state index contributed by atoms with van der Waals surface area (Å²) in [5, 5.41) is 0. The zero-order chi connectivity index (χ0) is 52.2. The van der Waals surface area contributed by atoms with Crippen LogP contribution in [-0.4, -0.2) is 37.2 Å². The van der Waals surface area contributed by atoms with E-state index in [1.807, 2.05) is 0 Å². The van der Waals surface area contributed by atoms with Crippen molar-refractivity contribution in [2.45, 2.75) is 290 Å². The summed E-state index contributed by atoms with van der Waals surface area (Å²) < 4.78 is 16.9. The molecule has 0 heterocycles. The van der Waals surface area contributed by atoms with Gasteiger partial charge in [0.2, 0.25) is 0 Å². The van der Waals surface area contributed by atoms with Crippen LogP contribution in [0, 0.1) is 0 Å². The summed E-state index contributed by atoms with van der Waals surface area (Å²) in [6.45, 7) is 6.39. The van der Waals surface area contributed by atoms with Gasteiger partial charge in [0.15, 0.2) is 6.10 Å². The van der Waals surface area contributed by atoms with Gasteiger partial charge in [0.1, 0.15) is 13.2 Å². The largest absolute Gasteiger partial charge is 0.462 e. The highest BCUT2D eigenvalue weighted by molar-refractivity contribution is 5.71. The van der Waals surface area contributed by atoms with Crippen LogP contribution in [-0.2, 0) is 28.6 Å². The molecule has 72 heavy (non-hydrogen) atoms. The third kappa shape index (κ3) is 57.2. The van der Waals surface area contributed by atoms with Crippen LogP contribution in [0.25, 0.3) is 0 Å². The van der Waals surface area contributed by atoms with Crippen molar-refractivity contribution in [2.24, 2.45) is 0 Å². The second-order valence-electron chi connectivity index (χ2n) is 19.8. The van der Waals surface area contributed by atoms with Gasteiger partial charge in [-0.2, -0.15) is 0 Å². The molecule has 0 aliphatic heterocycles. The van der Waals surface area contributed by atoms with Crippen molar-refractivity contribution >= 4 is 17.9 Å². The average molecular weight is 1000 g/mol. The Hall–Kier alpha value is -3.67. The number of hydrogen-bond donors (Lipinski definition) is 0. The molecule has 0 aromatic heterocycles. The van der Waals surface area contributed by atoms with Crippen LogP contribution in [0.2, 0.25) is 0 Å². The lowest BCUT2D eigenvalue weighted by molar-refractivity contribution is -0.167. The molecule has 6 heteroatoms. The molecule has 1 unspecified atom stereocenters. The summed E-state index contributed by atoms with van der Waals surface area (Å²) in [6, 6.07) is 0. The van der Waals surface area contributed by atoms with E-state index in [9.17, 15) is 14.4 Å². The first kappa shape index (κ1) is 68.3. The first-order valence-electron chi connectivity index (χ1n) is 30.2. The Balaban J connectivity index is 4.30. The van der Waals surface area contributed by atoms with Crippen molar-refractivity contribution in [3.05, 3.63) is 97.2 Å². The second-order valence-corrected chi connectivity index (χ2v) is 19.8. The Morgan fingerprint density at radius 1 is 0.292 bits per heavy atom. The maximum absolute atomic E-state index is 12.9. The average Bonchev–Trinajstić information content (AvgIpc) is 3.38. The molecule has 0 N–H and O–H groups in total. The molecule has 6 nitrogen and oxygen atoms in total. The molecular weight excluding hydrogens is 889 g/mol. The van der Waals surface area contributed by atoms with E-state index >= 15 is 0 Å². The molecule has 0 aliphatic carbocycles. The van der Waals surface area contributed by atoms with Crippen LogP contribution in [0.4, 0.5) is 0 Å². The van der Waals surface area contributed by atoms with E-state index in [-0.39, 0.29) is 31.1 Å². The molecule has 0 amide bonds. The van der Waals surface area contributed by atoms with Gasteiger partial charge in [-0.25, -0.2) is 0 Å². The number of unbranched alkanes of at least 4 members (excludes halogenated alkanes) is 27. The Bertz CT molecular complexity index is 1430. The predicted molar refractivity (Wildman–Crippen MR) is 311 cm³/mol. The summed E-state index contributed by atoms with van der Waals surface area (Å²) in [4.78, 5) is 38.2. The van der Waals surface area contributed by atoms with E-state index in [4.69, 9.17) is 14.2 Å². The molecule has 0 rings (SSSR count). The van der Waals surface area contributed by atoms with E-state index in [0.717, 1.165) is 116 Å². The van der Waals surface area contributed by atoms with Gasteiger partial charge in [-0.3, -0.25) is 14.4 Å². The van der Waals surface area contributed by atoms with Gasteiger partial charge in [0, 0.05) is 19.3 Å². The minimum Gasteiger partial charge on any atom is -0.462 e. The van der Waals surface area contributed by atoms with Crippen LogP contribution >= 0.6 is 0 Å². The fourth-order valence-corrected chi connectivity index (χ4v) is 8.33. The van der Waals surface area contributed by atoms with Gasteiger partial charge in [-0.1, -0.05) is 246 Å². The van der Waals surface area contributed by atoms with Gasteiger partial charge in [-0.05, 0) is 116 Å². The SMILES string of the molecule is CC/C=C\C/C=C\C/C=C\C/C=C\CCCCCCCCCCCCCCC(=O)OCC(COC(=O)CCCCCCC/C=C\CCCCC)OC(=O)CCCCCCCCC/C=C\C/C=C\C/C=C\CC. The van der Waals surface area contributed by atoms with Crippen LogP contribution in [0.5, 0.6) is 0 Å². The van der Waals surface area contributed by atoms with Gasteiger partial charge in [-0.15, -0.1) is 0 Å². The summed E-state index contributed by atoms with van der Waals surface area (Å²) >= 11 is 0. The van der Waals surface area contributed by atoms with E-state index in [1.165, 1.54) is 128 Å². The molecule has 0 fully saturated rings.